The first kappa shape index (κ1) is 16.2. The fourth-order valence-electron chi connectivity index (χ4n) is 2.25. The minimum Gasteiger partial charge on any atom is -0.313 e. The second kappa shape index (κ2) is 6.52. The van der Waals surface area contributed by atoms with E-state index < -0.39 is 10.2 Å². The molecule has 2 aliphatic rings. The lowest BCUT2D eigenvalue weighted by molar-refractivity contribution is 0.338. The first-order chi connectivity index (χ1) is 7.99. The molecule has 108 valence electrons. The molecule has 0 aromatic heterocycles. The molecular formula is C11H24ClN3O2S. The summed E-state index contributed by atoms with van der Waals surface area (Å²) in [6, 6.07) is 0.239. The van der Waals surface area contributed by atoms with E-state index >= 15 is 0 Å². The third-order valence-corrected chi connectivity index (χ3v) is 5.25. The minimum absolute atomic E-state index is 0. The van der Waals surface area contributed by atoms with E-state index in [2.05, 4.69) is 10.0 Å². The van der Waals surface area contributed by atoms with Crippen LogP contribution in [0, 0.1) is 5.92 Å². The molecule has 0 aromatic carbocycles. The maximum absolute atomic E-state index is 12.1. The Hall–Kier alpha value is 0.120. The van der Waals surface area contributed by atoms with Crippen LogP contribution in [-0.2, 0) is 10.2 Å². The Balaban J connectivity index is 0.00000162. The molecule has 1 saturated heterocycles. The zero-order chi connectivity index (χ0) is 12.5. The van der Waals surface area contributed by atoms with E-state index in [-0.39, 0.29) is 24.5 Å². The van der Waals surface area contributed by atoms with Crippen LogP contribution in [-0.4, -0.2) is 44.9 Å². The van der Waals surface area contributed by atoms with Crippen molar-refractivity contribution in [3.63, 3.8) is 0 Å². The normalized spacial score (nSPS) is 29.1. The molecule has 7 heteroatoms. The van der Waals surface area contributed by atoms with Gasteiger partial charge in [0.1, 0.15) is 0 Å². The molecule has 1 aliphatic heterocycles. The van der Waals surface area contributed by atoms with Gasteiger partial charge in [0, 0.05) is 25.7 Å². The van der Waals surface area contributed by atoms with Crippen molar-refractivity contribution in [3.05, 3.63) is 0 Å². The van der Waals surface area contributed by atoms with Gasteiger partial charge in [-0.3, -0.25) is 0 Å². The van der Waals surface area contributed by atoms with Gasteiger partial charge in [0.2, 0.25) is 0 Å². The summed E-state index contributed by atoms with van der Waals surface area (Å²) in [5.74, 6) is 0.582. The molecule has 2 atom stereocenters. The topological polar surface area (TPSA) is 61.4 Å². The number of nitrogens with one attached hydrogen (secondary N) is 2. The molecular weight excluding hydrogens is 274 g/mol. The fraction of sp³-hybridized carbons (Fsp3) is 1.00. The number of nitrogens with zero attached hydrogens (tertiary/aromatic N) is 1. The van der Waals surface area contributed by atoms with E-state index in [0.717, 1.165) is 19.4 Å². The highest BCUT2D eigenvalue weighted by Gasteiger charge is 2.31. The SMILES string of the molecule is CC1NCCCC1NS(=O)(=O)N(C)CC1CC1.Cl. The molecule has 0 amide bonds. The maximum atomic E-state index is 12.1. The van der Waals surface area contributed by atoms with Crippen molar-refractivity contribution in [1.29, 1.82) is 0 Å². The highest BCUT2D eigenvalue weighted by atomic mass is 35.5. The van der Waals surface area contributed by atoms with Gasteiger partial charge in [-0.05, 0) is 45.1 Å². The molecule has 0 bridgehead atoms. The van der Waals surface area contributed by atoms with Crippen LogP contribution in [0.3, 0.4) is 0 Å². The summed E-state index contributed by atoms with van der Waals surface area (Å²) >= 11 is 0. The van der Waals surface area contributed by atoms with Crippen molar-refractivity contribution in [3.8, 4) is 0 Å². The lowest BCUT2D eigenvalue weighted by atomic mass is 10.0. The quantitative estimate of drug-likeness (QED) is 0.786. The molecule has 1 aliphatic carbocycles. The van der Waals surface area contributed by atoms with Crippen molar-refractivity contribution < 1.29 is 8.42 Å². The standard InChI is InChI=1S/C11H23N3O2S.ClH/c1-9-11(4-3-7-12-9)13-17(15,16)14(2)8-10-5-6-10;/h9-13H,3-8H2,1-2H3;1H. The first-order valence-corrected chi connectivity index (χ1v) is 7.90. The van der Waals surface area contributed by atoms with Crippen LogP contribution in [0.15, 0.2) is 0 Å². The number of piperidine rings is 1. The van der Waals surface area contributed by atoms with Crippen LogP contribution in [0.2, 0.25) is 0 Å². The molecule has 2 unspecified atom stereocenters. The van der Waals surface area contributed by atoms with Crippen molar-refractivity contribution in [2.45, 2.75) is 44.7 Å². The third-order valence-electron chi connectivity index (χ3n) is 3.68. The zero-order valence-corrected chi connectivity index (χ0v) is 12.7. The van der Waals surface area contributed by atoms with Crippen molar-refractivity contribution in [2.24, 2.45) is 5.92 Å². The van der Waals surface area contributed by atoms with Gasteiger partial charge in [-0.25, -0.2) is 0 Å². The predicted molar refractivity (Wildman–Crippen MR) is 75.1 cm³/mol. The Kier molecular flexibility index (Phi) is 5.86. The van der Waals surface area contributed by atoms with Crippen molar-refractivity contribution >= 4 is 22.6 Å². The molecule has 2 N–H and O–H groups in total. The van der Waals surface area contributed by atoms with E-state index in [1.165, 1.54) is 17.1 Å². The lowest BCUT2D eigenvalue weighted by Gasteiger charge is -2.31. The minimum atomic E-state index is -3.30. The van der Waals surface area contributed by atoms with E-state index in [4.69, 9.17) is 0 Å². The Morgan fingerprint density at radius 3 is 2.56 bits per heavy atom. The number of halogens is 1. The average molecular weight is 298 g/mol. The van der Waals surface area contributed by atoms with Crippen LogP contribution >= 0.6 is 12.4 Å². The van der Waals surface area contributed by atoms with Crippen molar-refractivity contribution in [2.75, 3.05) is 20.1 Å². The molecule has 0 spiro atoms. The van der Waals surface area contributed by atoms with Crippen LogP contribution in [0.1, 0.15) is 32.6 Å². The van der Waals surface area contributed by atoms with E-state index in [9.17, 15) is 8.42 Å². The molecule has 2 rings (SSSR count). The van der Waals surface area contributed by atoms with Crippen LogP contribution < -0.4 is 10.0 Å². The average Bonchev–Trinajstić information content (AvgIpc) is 3.05. The van der Waals surface area contributed by atoms with Gasteiger partial charge >= 0.3 is 0 Å². The summed E-state index contributed by atoms with van der Waals surface area (Å²) in [4.78, 5) is 0. The molecule has 0 aromatic rings. The molecule has 2 fully saturated rings. The molecule has 0 radical (unpaired) electrons. The third kappa shape index (κ3) is 4.35. The van der Waals surface area contributed by atoms with Gasteiger partial charge in [-0.1, -0.05) is 0 Å². The van der Waals surface area contributed by atoms with Crippen LogP contribution in [0.4, 0.5) is 0 Å². The van der Waals surface area contributed by atoms with Gasteiger partial charge in [0.05, 0.1) is 0 Å². The monoisotopic (exact) mass is 297 g/mol. The van der Waals surface area contributed by atoms with Gasteiger partial charge in [-0.15, -0.1) is 12.4 Å². The summed E-state index contributed by atoms with van der Waals surface area (Å²) in [5.41, 5.74) is 0. The summed E-state index contributed by atoms with van der Waals surface area (Å²) < 4.78 is 28.5. The predicted octanol–water partition coefficient (Wildman–Crippen LogP) is 0.725. The van der Waals surface area contributed by atoms with Crippen LogP contribution in [0.25, 0.3) is 0 Å². The van der Waals surface area contributed by atoms with E-state index in [1.807, 2.05) is 6.92 Å². The zero-order valence-electron chi connectivity index (χ0n) is 11.1. The Morgan fingerprint density at radius 2 is 2.00 bits per heavy atom. The van der Waals surface area contributed by atoms with E-state index in [1.54, 1.807) is 7.05 Å². The molecule has 18 heavy (non-hydrogen) atoms. The summed E-state index contributed by atoms with van der Waals surface area (Å²) in [6.07, 6.45) is 4.29. The first-order valence-electron chi connectivity index (χ1n) is 6.46. The second-order valence-electron chi connectivity index (χ2n) is 5.34. The van der Waals surface area contributed by atoms with Gasteiger partial charge in [0.25, 0.3) is 10.2 Å². The van der Waals surface area contributed by atoms with E-state index in [0.29, 0.717) is 12.5 Å². The largest absolute Gasteiger partial charge is 0.313 e. The van der Waals surface area contributed by atoms with Gasteiger partial charge in [0.15, 0.2) is 0 Å². The molecule has 1 heterocycles. The highest BCUT2D eigenvalue weighted by molar-refractivity contribution is 7.87. The Morgan fingerprint density at radius 1 is 1.33 bits per heavy atom. The lowest BCUT2D eigenvalue weighted by Crippen LogP contribution is -2.54. The highest BCUT2D eigenvalue weighted by Crippen LogP contribution is 2.29. The van der Waals surface area contributed by atoms with Gasteiger partial charge < -0.3 is 5.32 Å². The smallest absolute Gasteiger partial charge is 0.279 e. The molecule has 1 saturated carbocycles. The number of hydrogen-bond acceptors (Lipinski definition) is 3. The van der Waals surface area contributed by atoms with Crippen LogP contribution in [0.5, 0.6) is 0 Å². The summed E-state index contributed by atoms with van der Waals surface area (Å²) in [6.45, 7) is 3.68. The summed E-state index contributed by atoms with van der Waals surface area (Å²) in [7, 11) is -1.64. The fourth-order valence-corrected chi connectivity index (χ4v) is 3.54. The van der Waals surface area contributed by atoms with Crippen molar-refractivity contribution in [1.82, 2.24) is 14.3 Å². The number of rotatable bonds is 5. The maximum Gasteiger partial charge on any atom is 0.279 e. The Labute approximate surface area is 116 Å². The number of hydrogen-bond donors (Lipinski definition) is 2. The Bertz CT molecular complexity index is 359. The second-order valence-corrected chi connectivity index (χ2v) is 7.15. The molecule has 5 nitrogen and oxygen atoms in total. The summed E-state index contributed by atoms with van der Waals surface area (Å²) in [5, 5.41) is 3.30. The van der Waals surface area contributed by atoms with Gasteiger partial charge in [-0.2, -0.15) is 17.4 Å².